The molecule has 0 aliphatic rings. The third kappa shape index (κ3) is 3.13. The maximum absolute atomic E-state index is 5.84. The minimum atomic E-state index is 0.262. The number of nitrogens with one attached hydrogen (secondary N) is 2. The molecule has 2 N–H and O–H groups in total. The lowest BCUT2D eigenvalue weighted by atomic mass is 10.2. The van der Waals surface area contributed by atoms with Crippen LogP contribution in [0.25, 0.3) is 11.5 Å². The largest absolute Gasteiger partial charge is 0.458 e. The average Bonchev–Trinajstić information content (AvgIpc) is 3.22. The number of aromatic nitrogens is 3. The Bertz CT molecular complexity index is 710. The Hall–Kier alpha value is -1.92. The number of aromatic amines is 1. The van der Waals surface area contributed by atoms with Crippen molar-refractivity contribution in [2.45, 2.75) is 39.8 Å². The van der Waals surface area contributed by atoms with Crippen LogP contribution < -0.4 is 5.32 Å². The molecule has 0 radical (unpaired) electrons. The highest BCUT2D eigenvalue weighted by Crippen LogP contribution is 2.26. The second-order valence-electron chi connectivity index (χ2n) is 5.27. The average molecular weight is 316 g/mol. The van der Waals surface area contributed by atoms with Gasteiger partial charge >= 0.3 is 0 Å². The molecular formula is C16H20N4OS. The molecule has 116 valence electrons. The van der Waals surface area contributed by atoms with Crippen LogP contribution in [0.5, 0.6) is 0 Å². The molecule has 1 atom stereocenters. The van der Waals surface area contributed by atoms with Crippen LogP contribution in [0.1, 0.15) is 40.7 Å². The molecule has 0 spiro atoms. The summed E-state index contributed by atoms with van der Waals surface area (Å²) >= 11 is 1.77. The van der Waals surface area contributed by atoms with Gasteiger partial charge in [0, 0.05) is 11.1 Å². The van der Waals surface area contributed by atoms with Crippen molar-refractivity contribution in [1.82, 2.24) is 20.5 Å². The quantitative estimate of drug-likeness (QED) is 0.722. The van der Waals surface area contributed by atoms with Crippen molar-refractivity contribution in [2.24, 2.45) is 0 Å². The summed E-state index contributed by atoms with van der Waals surface area (Å²) in [6, 6.07) is 6.11. The normalized spacial score (nSPS) is 12.7. The van der Waals surface area contributed by atoms with E-state index in [1.54, 1.807) is 17.5 Å². The Balaban J connectivity index is 1.66. The lowest BCUT2D eigenvalue weighted by Gasteiger charge is -2.13. The van der Waals surface area contributed by atoms with Crippen molar-refractivity contribution in [3.63, 3.8) is 0 Å². The second-order valence-corrected chi connectivity index (χ2v) is 6.51. The highest BCUT2D eigenvalue weighted by Gasteiger charge is 2.15. The zero-order valence-corrected chi connectivity index (χ0v) is 13.8. The van der Waals surface area contributed by atoms with Crippen LogP contribution in [0.3, 0.4) is 0 Å². The van der Waals surface area contributed by atoms with Gasteiger partial charge in [-0.3, -0.25) is 5.10 Å². The summed E-state index contributed by atoms with van der Waals surface area (Å²) in [4.78, 5) is 5.94. The molecule has 1 unspecified atom stereocenters. The zero-order chi connectivity index (χ0) is 15.5. The molecule has 0 bridgehead atoms. The summed E-state index contributed by atoms with van der Waals surface area (Å²) < 4.78 is 5.84. The van der Waals surface area contributed by atoms with E-state index in [1.807, 2.05) is 18.2 Å². The standard InChI is InChI=1S/C16H20N4OS/c1-4-13(16-19-10(2)11(3)22-16)17-9-12-5-6-15(21-12)14-7-8-18-20-14/h5-8,13,17H,4,9H2,1-3H3,(H,18,20). The van der Waals surface area contributed by atoms with Gasteiger partial charge in [0.1, 0.15) is 16.5 Å². The van der Waals surface area contributed by atoms with E-state index in [0.717, 1.165) is 34.3 Å². The number of thiazole rings is 1. The molecule has 0 saturated heterocycles. The fourth-order valence-electron chi connectivity index (χ4n) is 2.29. The van der Waals surface area contributed by atoms with Gasteiger partial charge in [-0.15, -0.1) is 11.3 Å². The van der Waals surface area contributed by atoms with Gasteiger partial charge in [-0.1, -0.05) is 6.92 Å². The van der Waals surface area contributed by atoms with Crippen molar-refractivity contribution < 1.29 is 4.42 Å². The van der Waals surface area contributed by atoms with E-state index < -0.39 is 0 Å². The van der Waals surface area contributed by atoms with Gasteiger partial charge in [0.25, 0.3) is 0 Å². The highest BCUT2D eigenvalue weighted by molar-refractivity contribution is 7.11. The first-order valence-electron chi connectivity index (χ1n) is 7.43. The third-order valence-electron chi connectivity index (χ3n) is 3.70. The molecular weight excluding hydrogens is 296 g/mol. The van der Waals surface area contributed by atoms with Gasteiger partial charge in [-0.25, -0.2) is 4.98 Å². The molecule has 0 saturated carbocycles. The number of hydrogen-bond donors (Lipinski definition) is 2. The van der Waals surface area contributed by atoms with Crippen LogP contribution in [0, 0.1) is 13.8 Å². The summed E-state index contributed by atoms with van der Waals surface area (Å²) in [5, 5.41) is 11.5. The van der Waals surface area contributed by atoms with E-state index in [-0.39, 0.29) is 6.04 Å². The van der Waals surface area contributed by atoms with Gasteiger partial charge in [0.05, 0.1) is 18.3 Å². The molecule has 5 nitrogen and oxygen atoms in total. The predicted molar refractivity (Wildman–Crippen MR) is 87.7 cm³/mol. The lowest BCUT2D eigenvalue weighted by Crippen LogP contribution is -2.19. The van der Waals surface area contributed by atoms with Gasteiger partial charge in [0.2, 0.25) is 0 Å². The Kier molecular flexibility index (Phi) is 4.40. The van der Waals surface area contributed by atoms with Crippen LogP contribution in [-0.4, -0.2) is 15.2 Å². The van der Waals surface area contributed by atoms with E-state index in [4.69, 9.17) is 4.42 Å². The first-order valence-corrected chi connectivity index (χ1v) is 8.24. The number of furan rings is 1. The molecule has 3 rings (SSSR count). The first kappa shape index (κ1) is 15.0. The van der Waals surface area contributed by atoms with Gasteiger partial charge in [0.15, 0.2) is 5.76 Å². The van der Waals surface area contributed by atoms with E-state index >= 15 is 0 Å². The van der Waals surface area contributed by atoms with Crippen LogP contribution in [-0.2, 0) is 6.54 Å². The van der Waals surface area contributed by atoms with Gasteiger partial charge in [-0.05, 0) is 38.5 Å². The third-order valence-corrected chi connectivity index (χ3v) is 4.89. The molecule has 0 fully saturated rings. The molecule has 0 aromatic carbocycles. The summed E-state index contributed by atoms with van der Waals surface area (Å²) in [6.45, 7) is 7.03. The van der Waals surface area contributed by atoms with Crippen molar-refractivity contribution in [2.75, 3.05) is 0 Å². The van der Waals surface area contributed by atoms with Crippen LogP contribution in [0.15, 0.2) is 28.8 Å². The Labute approximate surface area is 133 Å². The molecule has 3 aromatic rings. The summed E-state index contributed by atoms with van der Waals surface area (Å²) in [6.07, 6.45) is 2.72. The molecule has 6 heteroatoms. The summed E-state index contributed by atoms with van der Waals surface area (Å²) in [5.74, 6) is 1.72. The maximum Gasteiger partial charge on any atom is 0.152 e. The van der Waals surface area contributed by atoms with Crippen molar-refractivity contribution >= 4 is 11.3 Å². The Morgan fingerprint density at radius 3 is 2.82 bits per heavy atom. The van der Waals surface area contributed by atoms with Crippen LogP contribution >= 0.6 is 11.3 Å². The summed E-state index contributed by atoms with van der Waals surface area (Å²) in [7, 11) is 0. The number of nitrogens with zero attached hydrogens (tertiary/aromatic N) is 2. The first-order chi connectivity index (χ1) is 10.7. The van der Waals surface area contributed by atoms with E-state index in [9.17, 15) is 0 Å². The lowest BCUT2D eigenvalue weighted by molar-refractivity contribution is 0.447. The Morgan fingerprint density at radius 2 is 2.18 bits per heavy atom. The topological polar surface area (TPSA) is 66.7 Å². The van der Waals surface area contributed by atoms with Crippen molar-refractivity contribution in [1.29, 1.82) is 0 Å². The maximum atomic E-state index is 5.84. The van der Waals surface area contributed by atoms with E-state index in [1.165, 1.54) is 4.88 Å². The fraction of sp³-hybridized carbons (Fsp3) is 0.375. The molecule has 0 amide bonds. The van der Waals surface area contributed by atoms with Crippen molar-refractivity contribution in [3.05, 3.63) is 45.7 Å². The second kappa shape index (κ2) is 6.46. The smallest absolute Gasteiger partial charge is 0.152 e. The van der Waals surface area contributed by atoms with Gasteiger partial charge in [-0.2, -0.15) is 5.10 Å². The molecule has 3 aromatic heterocycles. The minimum Gasteiger partial charge on any atom is -0.458 e. The van der Waals surface area contributed by atoms with Crippen molar-refractivity contribution in [3.8, 4) is 11.5 Å². The molecule has 0 aliphatic heterocycles. The zero-order valence-electron chi connectivity index (χ0n) is 13.0. The van der Waals surface area contributed by atoms with E-state index in [0.29, 0.717) is 6.54 Å². The Morgan fingerprint density at radius 1 is 1.32 bits per heavy atom. The molecule has 3 heterocycles. The SMILES string of the molecule is CCC(NCc1ccc(-c2ccn[nH]2)o1)c1nc(C)c(C)s1. The number of aryl methyl sites for hydroxylation is 2. The fourth-order valence-corrected chi connectivity index (χ4v) is 3.37. The number of H-pyrrole nitrogens is 1. The van der Waals surface area contributed by atoms with Gasteiger partial charge < -0.3 is 9.73 Å². The molecule has 0 aliphatic carbocycles. The summed E-state index contributed by atoms with van der Waals surface area (Å²) in [5.41, 5.74) is 2.02. The van der Waals surface area contributed by atoms with E-state index in [2.05, 4.69) is 41.3 Å². The monoisotopic (exact) mass is 316 g/mol. The van der Waals surface area contributed by atoms with Crippen LogP contribution in [0.4, 0.5) is 0 Å². The van der Waals surface area contributed by atoms with Crippen LogP contribution in [0.2, 0.25) is 0 Å². The molecule has 22 heavy (non-hydrogen) atoms. The number of hydrogen-bond acceptors (Lipinski definition) is 5. The number of rotatable bonds is 6. The minimum absolute atomic E-state index is 0.262. The highest BCUT2D eigenvalue weighted by atomic mass is 32.1. The predicted octanol–water partition coefficient (Wildman–Crippen LogP) is 3.98.